The van der Waals surface area contributed by atoms with Crippen molar-refractivity contribution in [2.24, 2.45) is 10.2 Å². The number of carbonyl (C=O) groups excluding carboxylic acids is 1. The third kappa shape index (κ3) is 4.90. The van der Waals surface area contributed by atoms with E-state index in [1.165, 1.54) is 11.8 Å². The van der Waals surface area contributed by atoms with Crippen molar-refractivity contribution in [2.45, 2.75) is 6.54 Å². The Bertz CT molecular complexity index is 1140. The summed E-state index contributed by atoms with van der Waals surface area (Å²) in [5, 5.41) is 18.2. The molecule has 2 aromatic carbocycles. The SMILES string of the molecule is O=C1/C(=C/c2cccc(Br)c2)S/C(=N\N=C\c2ccc(O)cc2)N1Cc1ccco1. The summed E-state index contributed by atoms with van der Waals surface area (Å²) in [6, 6.07) is 17.9. The second-order valence-electron chi connectivity index (χ2n) is 6.35. The Balaban J connectivity index is 1.61. The van der Waals surface area contributed by atoms with E-state index in [0.717, 1.165) is 15.6 Å². The minimum absolute atomic E-state index is 0.157. The van der Waals surface area contributed by atoms with Gasteiger partial charge in [0.05, 0.1) is 23.9 Å². The molecule has 30 heavy (non-hydrogen) atoms. The fraction of sp³-hybridized carbons (Fsp3) is 0.0455. The lowest BCUT2D eigenvalue weighted by atomic mass is 10.2. The zero-order valence-corrected chi connectivity index (χ0v) is 18.0. The lowest BCUT2D eigenvalue weighted by Gasteiger charge is -2.12. The zero-order valence-electron chi connectivity index (χ0n) is 15.6. The van der Waals surface area contributed by atoms with Crippen LogP contribution in [0.5, 0.6) is 5.75 Å². The predicted octanol–water partition coefficient (Wildman–Crippen LogP) is 5.25. The highest BCUT2D eigenvalue weighted by Crippen LogP contribution is 2.34. The Kier molecular flexibility index (Phi) is 6.15. The molecule has 0 atom stereocenters. The van der Waals surface area contributed by atoms with Gasteiger partial charge in [-0.25, -0.2) is 0 Å². The van der Waals surface area contributed by atoms with E-state index in [4.69, 9.17) is 4.42 Å². The molecular formula is C22H16BrN3O3S. The quantitative estimate of drug-likeness (QED) is 0.306. The summed E-state index contributed by atoms with van der Waals surface area (Å²) in [6.07, 6.45) is 4.97. The monoisotopic (exact) mass is 481 g/mol. The fourth-order valence-corrected chi connectivity index (χ4v) is 4.09. The van der Waals surface area contributed by atoms with Gasteiger partial charge < -0.3 is 9.52 Å². The van der Waals surface area contributed by atoms with E-state index in [2.05, 4.69) is 26.1 Å². The molecule has 0 bridgehead atoms. The maximum atomic E-state index is 13.0. The number of phenols is 1. The molecule has 1 aliphatic heterocycles. The largest absolute Gasteiger partial charge is 0.508 e. The molecule has 0 spiro atoms. The van der Waals surface area contributed by atoms with E-state index >= 15 is 0 Å². The number of halogens is 1. The summed E-state index contributed by atoms with van der Waals surface area (Å²) >= 11 is 4.71. The standard InChI is InChI=1S/C22H16BrN3O3S/c23-17-4-1-3-16(11-17)12-20-21(28)26(14-19-5-2-10-29-19)22(30-20)25-24-13-15-6-8-18(27)9-7-15/h1-13,27H,14H2/b20-12-,24-13+,25-22-. The molecule has 1 aromatic heterocycles. The molecular weight excluding hydrogens is 466 g/mol. The Morgan fingerprint density at radius 3 is 2.67 bits per heavy atom. The number of amidine groups is 1. The van der Waals surface area contributed by atoms with Crippen LogP contribution in [0.4, 0.5) is 0 Å². The van der Waals surface area contributed by atoms with Crippen LogP contribution >= 0.6 is 27.7 Å². The van der Waals surface area contributed by atoms with Crippen molar-refractivity contribution < 1.29 is 14.3 Å². The number of benzene rings is 2. The number of furan rings is 1. The maximum Gasteiger partial charge on any atom is 0.267 e. The molecule has 1 N–H and O–H groups in total. The fourth-order valence-electron chi connectivity index (χ4n) is 2.73. The highest BCUT2D eigenvalue weighted by atomic mass is 79.9. The number of carbonyl (C=O) groups is 1. The van der Waals surface area contributed by atoms with E-state index < -0.39 is 0 Å². The predicted molar refractivity (Wildman–Crippen MR) is 122 cm³/mol. The summed E-state index contributed by atoms with van der Waals surface area (Å²) in [5.41, 5.74) is 1.70. The van der Waals surface area contributed by atoms with Crippen molar-refractivity contribution in [2.75, 3.05) is 0 Å². The lowest BCUT2D eigenvalue weighted by Crippen LogP contribution is -2.28. The highest BCUT2D eigenvalue weighted by Gasteiger charge is 2.34. The molecule has 1 fully saturated rings. The van der Waals surface area contributed by atoms with Gasteiger partial charge in [-0.2, -0.15) is 5.10 Å². The topological polar surface area (TPSA) is 78.4 Å². The van der Waals surface area contributed by atoms with Gasteiger partial charge in [-0.3, -0.25) is 9.69 Å². The summed E-state index contributed by atoms with van der Waals surface area (Å²) < 4.78 is 6.34. The molecule has 0 aliphatic carbocycles. The average molecular weight is 482 g/mol. The van der Waals surface area contributed by atoms with Crippen molar-refractivity contribution >= 4 is 51.1 Å². The molecule has 6 nitrogen and oxygen atoms in total. The summed E-state index contributed by atoms with van der Waals surface area (Å²) in [5.74, 6) is 0.681. The van der Waals surface area contributed by atoms with E-state index in [1.54, 1.807) is 47.7 Å². The lowest BCUT2D eigenvalue weighted by molar-refractivity contribution is -0.122. The van der Waals surface area contributed by atoms with Crippen LogP contribution in [0.25, 0.3) is 6.08 Å². The van der Waals surface area contributed by atoms with Crippen LogP contribution in [0.2, 0.25) is 0 Å². The van der Waals surface area contributed by atoms with E-state index in [9.17, 15) is 9.90 Å². The normalized spacial score (nSPS) is 17.0. The van der Waals surface area contributed by atoms with Gasteiger partial charge in [0.1, 0.15) is 11.5 Å². The molecule has 1 amide bonds. The third-order valence-corrected chi connectivity index (χ3v) is 5.66. The number of hydrogen-bond donors (Lipinski definition) is 1. The van der Waals surface area contributed by atoms with Crippen molar-refractivity contribution in [3.63, 3.8) is 0 Å². The van der Waals surface area contributed by atoms with Crippen molar-refractivity contribution in [3.8, 4) is 5.75 Å². The number of phenolic OH excluding ortho intramolecular Hbond substituents is 1. The Hall–Kier alpha value is -3.10. The van der Waals surface area contributed by atoms with Gasteiger partial charge in [0.15, 0.2) is 5.17 Å². The molecule has 4 rings (SSSR count). The summed E-state index contributed by atoms with van der Waals surface area (Å²) in [6.45, 7) is 0.266. The minimum atomic E-state index is -0.157. The minimum Gasteiger partial charge on any atom is -0.508 e. The Labute approximate surface area is 185 Å². The first-order chi connectivity index (χ1) is 14.6. The van der Waals surface area contributed by atoms with Gasteiger partial charge in [-0.1, -0.05) is 28.1 Å². The number of hydrogen-bond acceptors (Lipinski definition) is 6. The van der Waals surface area contributed by atoms with E-state index in [1.807, 2.05) is 36.4 Å². The van der Waals surface area contributed by atoms with Gasteiger partial charge in [-0.15, -0.1) is 5.10 Å². The number of aromatic hydroxyl groups is 1. The van der Waals surface area contributed by atoms with Crippen LogP contribution in [0.15, 0.2) is 90.9 Å². The maximum absolute atomic E-state index is 13.0. The van der Waals surface area contributed by atoms with Crippen molar-refractivity contribution in [1.29, 1.82) is 0 Å². The van der Waals surface area contributed by atoms with E-state index in [-0.39, 0.29) is 18.2 Å². The van der Waals surface area contributed by atoms with Gasteiger partial charge >= 0.3 is 0 Å². The first-order valence-electron chi connectivity index (χ1n) is 8.98. The molecule has 1 aliphatic rings. The second-order valence-corrected chi connectivity index (χ2v) is 8.28. The van der Waals surface area contributed by atoms with Gasteiger partial charge in [0.25, 0.3) is 5.91 Å². The molecule has 3 aromatic rings. The first-order valence-corrected chi connectivity index (χ1v) is 10.6. The molecule has 0 radical (unpaired) electrons. The highest BCUT2D eigenvalue weighted by molar-refractivity contribution is 9.10. The third-order valence-electron chi connectivity index (χ3n) is 4.17. The van der Waals surface area contributed by atoms with Crippen LogP contribution in [-0.2, 0) is 11.3 Å². The van der Waals surface area contributed by atoms with Crippen molar-refractivity contribution in [1.82, 2.24) is 4.90 Å². The van der Waals surface area contributed by atoms with Gasteiger partial charge in [0, 0.05) is 4.47 Å². The van der Waals surface area contributed by atoms with Crippen LogP contribution in [0, 0.1) is 0 Å². The molecule has 150 valence electrons. The zero-order chi connectivity index (χ0) is 20.9. The van der Waals surface area contributed by atoms with Crippen LogP contribution in [-0.4, -0.2) is 27.3 Å². The molecule has 2 heterocycles. The van der Waals surface area contributed by atoms with Crippen LogP contribution < -0.4 is 0 Å². The molecule has 8 heteroatoms. The van der Waals surface area contributed by atoms with Gasteiger partial charge in [-0.05, 0) is 77.5 Å². The smallest absolute Gasteiger partial charge is 0.267 e. The summed E-state index contributed by atoms with van der Waals surface area (Å²) in [7, 11) is 0. The molecule has 0 unspecified atom stereocenters. The molecule has 1 saturated heterocycles. The van der Waals surface area contributed by atoms with Crippen LogP contribution in [0.1, 0.15) is 16.9 Å². The Morgan fingerprint density at radius 2 is 1.93 bits per heavy atom. The van der Waals surface area contributed by atoms with Gasteiger partial charge in [0.2, 0.25) is 0 Å². The van der Waals surface area contributed by atoms with E-state index in [0.29, 0.717) is 15.8 Å². The number of thioether (sulfide) groups is 1. The second kappa shape index (κ2) is 9.15. The number of nitrogens with zero attached hydrogens (tertiary/aromatic N) is 3. The first kappa shape index (κ1) is 20.2. The summed E-state index contributed by atoms with van der Waals surface area (Å²) in [4.78, 5) is 15.1. The van der Waals surface area contributed by atoms with Crippen LogP contribution in [0.3, 0.4) is 0 Å². The Morgan fingerprint density at radius 1 is 1.10 bits per heavy atom. The average Bonchev–Trinajstić information content (AvgIpc) is 3.34. The number of rotatable bonds is 5. The number of amides is 1. The van der Waals surface area contributed by atoms with Crippen molar-refractivity contribution in [3.05, 3.63) is 93.2 Å². The molecule has 0 saturated carbocycles.